The van der Waals surface area contributed by atoms with Crippen molar-refractivity contribution in [2.45, 2.75) is 6.92 Å². The predicted molar refractivity (Wildman–Crippen MR) is 212 cm³/mol. The van der Waals surface area contributed by atoms with Gasteiger partial charge in [0.15, 0.2) is 0 Å². The fourth-order valence-corrected chi connectivity index (χ4v) is 6.59. The average Bonchev–Trinajstić information content (AvgIpc) is 3.22. The van der Waals surface area contributed by atoms with Crippen molar-refractivity contribution in [1.82, 2.24) is 0 Å². The molecule has 0 spiro atoms. The third-order valence-corrected chi connectivity index (χ3v) is 9.11. The summed E-state index contributed by atoms with van der Waals surface area (Å²) in [7, 11) is 0. The highest BCUT2D eigenvalue weighted by molar-refractivity contribution is 5.88. The zero-order valence-corrected chi connectivity index (χ0v) is 28.7. The molecule has 6 aromatic carbocycles. The quantitative estimate of drug-likeness (QED) is 0.129. The second kappa shape index (κ2) is 14.5. The van der Waals surface area contributed by atoms with Crippen LogP contribution in [-0.4, -0.2) is 5.91 Å². The van der Waals surface area contributed by atoms with Crippen LogP contribution in [0.3, 0.4) is 0 Å². The molecular weight excluding hydrogens is 637 g/mol. The van der Waals surface area contributed by atoms with Crippen LogP contribution in [0.4, 0.5) is 5.69 Å². The van der Waals surface area contributed by atoms with Crippen LogP contribution in [0.25, 0.3) is 73.1 Å². The van der Waals surface area contributed by atoms with Crippen molar-refractivity contribution in [3.05, 3.63) is 194 Å². The number of anilines is 1. The standard InChI is InChI=1S/C48H35N2O2/c1-34(51)49-43-26-28-44(29-27-43)50-45(37-14-6-2-7-15-37)30-41(31-46(50)38-16-8-3-9-17-38)35-22-24-36(25-23-35)42-32-47(39-18-10-4-11-19-39)52-48(33-42)40-20-12-5-13-21-40/h2-33H,1H3/q+1/p+1. The van der Waals surface area contributed by atoms with Gasteiger partial charge in [-0.15, -0.1) is 0 Å². The van der Waals surface area contributed by atoms with Crippen molar-refractivity contribution in [1.29, 1.82) is 0 Å². The van der Waals surface area contributed by atoms with Crippen LogP contribution in [0.2, 0.25) is 0 Å². The van der Waals surface area contributed by atoms with Crippen LogP contribution < -0.4 is 9.88 Å². The summed E-state index contributed by atoms with van der Waals surface area (Å²) in [4.78, 5) is 11.7. The molecule has 0 fully saturated rings. The second-order valence-corrected chi connectivity index (χ2v) is 12.7. The van der Waals surface area contributed by atoms with Gasteiger partial charge in [0.05, 0.1) is 23.3 Å². The number of nitrogens with one attached hydrogen (secondary N) is 1. The number of pyridine rings is 1. The predicted octanol–water partition coefficient (Wildman–Crippen LogP) is 11.8. The molecular formula is C48H36N2O2+2. The summed E-state index contributed by atoms with van der Waals surface area (Å²) < 4.78 is 8.76. The molecule has 0 bridgehead atoms. The SMILES string of the molecule is CC(=O)Nc1ccc(-[n+]2c(-c3ccccc3)cc(-c3ccc(-c4cc(-c5ccccc5)[o+]c(-c5ccccc5)c4)cc3)cc2-c2ccccc2)cc1. The molecule has 0 unspecified atom stereocenters. The lowest BCUT2D eigenvalue weighted by Gasteiger charge is -2.13. The average molecular weight is 673 g/mol. The van der Waals surface area contributed by atoms with Gasteiger partial charge in [0, 0.05) is 53.6 Å². The summed E-state index contributed by atoms with van der Waals surface area (Å²) in [5.74, 6) is 1.54. The van der Waals surface area contributed by atoms with Crippen LogP contribution in [0.15, 0.2) is 199 Å². The Morgan fingerprint density at radius 1 is 0.423 bits per heavy atom. The molecule has 1 N–H and O–H groups in total. The lowest BCUT2D eigenvalue weighted by molar-refractivity contribution is -0.572. The summed E-state index contributed by atoms with van der Waals surface area (Å²) in [6, 6.07) is 67.0. The largest absolute Gasteiger partial charge is 0.361 e. The van der Waals surface area contributed by atoms with Crippen LogP contribution in [-0.2, 0) is 4.79 Å². The van der Waals surface area contributed by atoms with Crippen molar-refractivity contribution in [2.75, 3.05) is 5.32 Å². The lowest BCUT2D eigenvalue weighted by atomic mass is 9.96. The number of hydrogen-bond acceptors (Lipinski definition) is 1. The molecule has 8 aromatic rings. The van der Waals surface area contributed by atoms with E-state index in [0.29, 0.717) is 0 Å². The number of carbonyl (C=O) groups is 1. The number of benzene rings is 6. The highest BCUT2D eigenvalue weighted by atomic mass is 16.3. The van der Waals surface area contributed by atoms with Gasteiger partial charge < -0.3 is 5.32 Å². The Hall–Kier alpha value is -6.91. The van der Waals surface area contributed by atoms with Crippen molar-refractivity contribution in [3.63, 3.8) is 0 Å². The van der Waals surface area contributed by atoms with E-state index in [2.05, 4.69) is 143 Å². The molecule has 0 aliphatic heterocycles. The maximum absolute atomic E-state index is 11.7. The van der Waals surface area contributed by atoms with Gasteiger partial charge in [-0.2, -0.15) is 4.57 Å². The number of nitrogens with zero attached hydrogens (tertiary/aromatic N) is 1. The van der Waals surface area contributed by atoms with E-state index in [4.69, 9.17) is 4.42 Å². The number of amides is 1. The summed E-state index contributed by atoms with van der Waals surface area (Å²) in [5.41, 5.74) is 12.5. The smallest absolute Gasteiger partial charge is 0.326 e. The Morgan fingerprint density at radius 2 is 0.808 bits per heavy atom. The minimum Gasteiger partial charge on any atom is -0.326 e. The van der Waals surface area contributed by atoms with Crippen LogP contribution in [0, 0.1) is 0 Å². The monoisotopic (exact) mass is 672 g/mol. The number of hydrogen-bond donors (Lipinski definition) is 1. The van der Waals surface area contributed by atoms with E-state index in [9.17, 15) is 4.79 Å². The van der Waals surface area contributed by atoms with E-state index < -0.39 is 0 Å². The Bertz CT molecular complexity index is 2340. The zero-order valence-electron chi connectivity index (χ0n) is 28.7. The normalized spacial score (nSPS) is 10.9. The van der Waals surface area contributed by atoms with E-state index in [1.165, 1.54) is 6.92 Å². The van der Waals surface area contributed by atoms with Gasteiger partial charge in [-0.25, -0.2) is 4.42 Å². The maximum Gasteiger partial charge on any atom is 0.361 e. The van der Waals surface area contributed by atoms with Crippen LogP contribution >= 0.6 is 0 Å². The minimum absolute atomic E-state index is 0.0961. The molecule has 0 saturated carbocycles. The number of carbonyl (C=O) groups excluding carboxylic acids is 1. The molecule has 0 saturated heterocycles. The topological polar surface area (TPSA) is 44.3 Å². The van der Waals surface area contributed by atoms with E-state index in [1.807, 2.05) is 60.7 Å². The molecule has 1 amide bonds. The number of rotatable bonds is 8. The Balaban J connectivity index is 1.26. The fourth-order valence-electron chi connectivity index (χ4n) is 6.59. The van der Waals surface area contributed by atoms with Gasteiger partial charge in [-0.1, -0.05) is 97.1 Å². The molecule has 2 aromatic heterocycles. The lowest BCUT2D eigenvalue weighted by Crippen LogP contribution is -2.36. The highest BCUT2D eigenvalue weighted by Crippen LogP contribution is 2.35. The maximum atomic E-state index is 11.7. The third-order valence-electron chi connectivity index (χ3n) is 9.11. The molecule has 248 valence electrons. The van der Waals surface area contributed by atoms with Crippen molar-refractivity contribution in [3.8, 4) is 73.1 Å². The van der Waals surface area contributed by atoms with E-state index in [-0.39, 0.29) is 5.91 Å². The first kappa shape index (κ1) is 32.3. The van der Waals surface area contributed by atoms with Gasteiger partial charge in [-0.05, 0) is 77.4 Å². The van der Waals surface area contributed by atoms with Crippen molar-refractivity contribution < 1.29 is 13.8 Å². The van der Waals surface area contributed by atoms with E-state index >= 15 is 0 Å². The summed E-state index contributed by atoms with van der Waals surface area (Å²) in [5, 5.41) is 2.89. The van der Waals surface area contributed by atoms with Crippen molar-refractivity contribution in [2.24, 2.45) is 0 Å². The molecule has 52 heavy (non-hydrogen) atoms. The molecule has 8 rings (SSSR count). The molecule has 0 atom stereocenters. The highest BCUT2D eigenvalue weighted by Gasteiger charge is 2.25. The summed E-state index contributed by atoms with van der Waals surface area (Å²) >= 11 is 0. The molecule has 2 heterocycles. The second-order valence-electron chi connectivity index (χ2n) is 12.7. The Kier molecular flexibility index (Phi) is 9.02. The Labute approximate surface area is 304 Å². The fraction of sp³-hybridized carbons (Fsp3) is 0.0208. The van der Waals surface area contributed by atoms with Gasteiger partial charge >= 0.3 is 11.5 Å². The minimum atomic E-state index is -0.0961. The van der Waals surface area contributed by atoms with E-state index in [1.54, 1.807) is 0 Å². The molecule has 0 radical (unpaired) electrons. The van der Waals surface area contributed by atoms with Gasteiger partial charge in [0.25, 0.3) is 0 Å². The first-order chi connectivity index (χ1) is 25.6. The van der Waals surface area contributed by atoms with Gasteiger partial charge in [0.1, 0.15) is 0 Å². The number of aromatic nitrogens is 1. The Morgan fingerprint density at radius 3 is 1.21 bits per heavy atom. The van der Waals surface area contributed by atoms with Gasteiger partial charge in [-0.3, -0.25) is 4.79 Å². The van der Waals surface area contributed by atoms with E-state index in [0.717, 1.165) is 78.8 Å². The van der Waals surface area contributed by atoms with Crippen LogP contribution in [0.1, 0.15) is 6.92 Å². The summed E-state index contributed by atoms with van der Waals surface area (Å²) in [6.45, 7) is 1.52. The molecule has 0 aliphatic carbocycles. The first-order valence-corrected chi connectivity index (χ1v) is 17.4. The first-order valence-electron chi connectivity index (χ1n) is 17.4. The zero-order chi connectivity index (χ0) is 35.3. The van der Waals surface area contributed by atoms with Crippen LogP contribution in [0.5, 0.6) is 0 Å². The molecule has 4 nitrogen and oxygen atoms in total. The van der Waals surface area contributed by atoms with Crippen molar-refractivity contribution >= 4 is 11.6 Å². The third kappa shape index (κ3) is 6.91. The molecule has 4 heteroatoms. The molecule has 0 aliphatic rings. The summed E-state index contributed by atoms with van der Waals surface area (Å²) in [6.07, 6.45) is 0. The van der Waals surface area contributed by atoms with Gasteiger partial charge in [0.2, 0.25) is 23.0 Å².